The van der Waals surface area contributed by atoms with Gasteiger partial charge in [-0.3, -0.25) is 4.79 Å². The van der Waals surface area contributed by atoms with E-state index in [-0.39, 0.29) is 5.91 Å². The number of hydrogen-bond donors (Lipinski definition) is 2. The van der Waals surface area contributed by atoms with E-state index in [9.17, 15) is 4.79 Å². The van der Waals surface area contributed by atoms with Gasteiger partial charge >= 0.3 is 0 Å². The highest BCUT2D eigenvalue weighted by atomic mass is 16.5. The molecule has 4 heteroatoms. The van der Waals surface area contributed by atoms with Crippen LogP contribution in [-0.2, 0) is 4.79 Å². The topological polar surface area (TPSA) is 64.3 Å². The van der Waals surface area contributed by atoms with Crippen LogP contribution in [0.1, 0.15) is 32.6 Å². The maximum absolute atomic E-state index is 11.9. The van der Waals surface area contributed by atoms with Crippen LogP contribution >= 0.6 is 0 Å². The van der Waals surface area contributed by atoms with Crippen LogP contribution in [0.2, 0.25) is 0 Å². The van der Waals surface area contributed by atoms with Gasteiger partial charge in [-0.15, -0.1) is 0 Å². The number of methoxy groups -OCH3 is 1. The fourth-order valence-corrected chi connectivity index (χ4v) is 2.96. The molecular weight excluding hydrogens is 240 g/mol. The van der Waals surface area contributed by atoms with Gasteiger partial charge in [-0.1, -0.05) is 31.9 Å². The van der Waals surface area contributed by atoms with Crippen molar-refractivity contribution in [3.05, 3.63) is 24.3 Å². The SMILES string of the molecule is COc1ccccc1NC1(C(N)=O)CCCC(C)C1. The summed E-state index contributed by atoms with van der Waals surface area (Å²) in [5.74, 6) is 0.967. The molecule has 0 aromatic heterocycles. The Hall–Kier alpha value is -1.71. The number of carbonyl (C=O) groups is 1. The Morgan fingerprint density at radius 1 is 1.47 bits per heavy atom. The van der Waals surface area contributed by atoms with Crippen molar-refractivity contribution in [2.75, 3.05) is 12.4 Å². The first-order valence-electron chi connectivity index (χ1n) is 6.78. The summed E-state index contributed by atoms with van der Waals surface area (Å²) in [7, 11) is 1.63. The van der Waals surface area contributed by atoms with Gasteiger partial charge in [0.1, 0.15) is 11.3 Å². The number of primary amides is 1. The first-order chi connectivity index (χ1) is 9.07. The number of para-hydroxylation sites is 2. The van der Waals surface area contributed by atoms with Crippen LogP contribution in [0, 0.1) is 5.92 Å². The van der Waals surface area contributed by atoms with Crippen LogP contribution < -0.4 is 15.8 Å². The largest absolute Gasteiger partial charge is 0.495 e. The number of rotatable bonds is 4. The van der Waals surface area contributed by atoms with Crippen molar-refractivity contribution < 1.29 is 9.53 Å². The normalized spacial score (nSPS) is 26.7. The van der Waals surface area contributed by atoms with Crippen molar-refractivity contribution in [1.29, 1.82) is 0 Å². The summed E-state index contributed by atoms with van der Waals surface area (Å²) in [6.45, 7) is 2.17. The van der Waals surface area contributed by atoms with Gasteiger partial charge in [-0.2, -0.15) is 0 Å². The number of anilines is 1. The van der Waals surface area contributed by atoms with Gasteiger partial charge in [-0.25, -0.2) is 0 Å². The minimum absolute atomic E-state index is 0.273. The van der Waals surface area contributed by atoms with E-state index in [2.05, 4.69) is 12.2 Å². The lowest BCUT2D eigenvalue weighted by Crippen LogP contribution is -2.53. The molecule has 0 radical (unpaired) electrons. The van der Waals surface area contributed by atoms with E-state index in [1.54, 1.807) is 7.11 Å². The molecule has 1 aliphatic rings. The van der Waals surface area contributed by atoms with Crippen molar-refractivity contribution in [1.82, 2.24) is 0 Å². The molecule has 19 heavy (non-hydrogen) atoms. The molecule has 3 N–H and O–H groups in total. The molecular formula is C15H22N2O2. The fourth-order valence-electron chi connectivity index (χ4n) is 2.96. The molecule has 0 spiro atoms. The highest BCUT2D eigenvalue weighted by molar-refractivity contribution is 5.88. The maximum Gasteiger partial charge on any atom is 0.243 e. The monoisotopic (exact) mass is 262 g/mol. The summed E-state index contributed by atoms with van der Waals surface area (Å²) >= 11 is 0. The van der Waals surface area contributed by atoms with E-state index < -0.39 is 5.54 Å². The Labute approximate surface area is 114 Å². The maximum atomic E-state index is 11.9. The molecule has 1 aromatic rings. The van der Waals surface area contributed by atoms with Crippen LogP contribution in [0.15, 0.2) is 24.3 Å². The van der Waals surface area contributed by atoms with Crippen LogP contribution in [0.4, 0.5) is 5.69 Å². The van der Waals surface area contributed by atoms with Crippen molar-refractivity contribution in [3.8, 4) is 5.75 Å². The number of amides is 1. The van der Waals surface area contributed by atoms with Gasteiger partial charge in [0.25, 0.3) is 0 Å². The third kappa shape index (κ3) is 2.83. The van der Waals surface area contributed by atoms with Crippen LogP contribution in [0.25, 0.3) is 0 Å². The average Bonchev–Trinajstić information content (AvgIpc) is 2.39. The molecule has 0 heterocycles. The number of carbonyl (C=O) groups excluding carboxylic acids is 1. The quantitative estimate of drug-likeness (QED) is 0.876. The Bertz CT molecular complexity index is 461. The standard InChI is InChI=1S/C15H22N2O2/c1-11-6-5-9-15(10-11,14(16)18)17-12-7-3-4-8-13(12)19-2/h3-4,7-8,11,17H,5-6,9-10H2,1-2H3,(H2,16,18). The molecule has 104 valence electrons. The molecule has 0 aliphatic heterocycles. The molecule has 1 saturated carbocycles. The zero-order valence-corrected chi connectivity index (χ0v) is 11.6. The van der Waals surface area contributed by atoms with E-state index in [0.717, 1.165) is 37.1 Å². The Morgan fingerprint density at radius 2 is 2.21 bits per heavy atom. The summed E-state index contributed by atoms with van der Waals surface area (Å²) in [5.41, 5.74) is 5.85. The van der Waals surface area contributed by atoms with Gasteiger partial charge in [0.05, 0.1) is 12.8 Å². The number of benzene rings is 1. The molecule has 1 fully saturated rings. The zero-order chi connectivity index (χ0) is 13.9. The molecule has 0 bridgehead atoms. The molecule has 1 aromatic carbocycles. The molecule has 2 unspecified atom stereocenters. The summed E-state index contributed by atoms with van der Waals surface area (Å²) < 4.78 is 5.32. The highest BCUT2D eigenvalue weighted by Gasteiger charge is 2.40. The molecule has 2 rings (SSSR count). The summed E-state index contributed by atoms with van der Waals surface area (Å²) in [6, 6.07) is 7.63. The van der Waals surface area contributed by atoms with Crippen molar-refractivity contribution in [3.63, 3.8) is 0 Å². The predicted octanol–water partition coefficient (Wildman–Crippen LogP) is 2.54. The lowest BCUT2D eigenvalue weighted by atomic mass is 9.75. The summed E-state index contributed by atoms with van der Waals surface area (Å²) in [4.78, 5) is 11.9. The van der Waals surface area contributed by atoms with Crippen LogP contribution in [0.3, 0.4) is 0 Å². The smallest absolute Gasteiger partial charge is 0.243 e. The number of nitrogens with two attached hydrogens (primary N) is 1. The third-order valence-electron chi connectivity index (χ3n) is 3.95. The molecule has 0 saturated heterocycles. The second kappa shape index (κ2) is 5.51. The summed E-state index contributed by atoms with van der Waals surface area (Å²) in [6.07, 6.45) is 3.74. The van der Waals surface area contributed by atoms with Gasteiger partial charge < -0.3 is 15.8 Å². The molecule has 1 aliphatic carbocycles. The zero-order valence-electron chi connectivity index (χ0n) is 11.6. The molecule has 4 nitrogen and oxygen atoms in total. The minimum atomic E-state index is -0.647. The van der Waals surface area contributed by atoms with Crippen molar-refractivity contribution >= 4 is 11.6 Å². The fraction of sp³-hybridized carbons (Fsp3) is 0.533. The highest BCUT2D eigenvalue weighted by Crippen LogP contribution is 2.37. The van der Waals surface area contributed by atoms with Crippen molar-refractivity contribution in [2.45, 2.75) is 38.1 Å². The minimum Gasteiger partial charge on any atom is -0.495 e. The Balaban J connectivity index is 2.28. The van der Waals surface area contributed by atoms with E-state index in [0.29, 0.717) is 5.92 Å². The van der Waals surface area contributed by atoms with Gasteiger partial charge in [0.15, 0.2) is 0 Å². The second-order valence-corrected chi connectivity index (χ2v) is 5.47. The van der Waals surface area contributed by atoms with Gasteiger partial charge in [0, 0.05) is 0 Å². The number of hydrogen-bond acceptors (Lipinski definition) is 3. The number of ether oxygens (including phenoxy) is 1. The van der Waals surface area contributed by atoms with Crippen LogP contribution in [0.5, 0.6) is 5.75 Å². The van der Waals surface area contributed by atoms with E-state index in [1.807, 2.05) is 24.3 Å². The Morgan fingerprint density at radius 3 is 2.84 bits per heavy atom. The molecule has 1 amide bonds. The third-order valence-corrected chi connectivity index (χ3v) is 3.95. The van der Waals surface area contributed by atoms with E-state index in [4.69, 9.17) is 10.5 Å². The van der Waals surface area contributed by atoms with E-state index in [1.165, 1.54) is 0 Å². The molecule has 2 atom stereocenters. The first kappa shape index (κ1) is 13.7. The van der Waals surface area contributed by atoms with E-state index >= 15 is 0 Å². The lowest BCUT2D eigenvalue weighted by Gasteiger charge is -2.39. The lowest BCUT2D eigenvalue weighted by molar-refractivity contribution is -0.123. The predicted molar refractivity (Wildman–Crippen MR) is 76.2 cm³/mol. The van der Waals surface area contributed by atoms with Gasteiger partial charge in [-0.05, 0) is 30.9 Å². The first-order valence-corrected chi connectivity index (χ1v) is 6.78. The Kier molecular flexibility index (Phi) is 3.98. The van der Waals surface area contributed by atoms with Crippen molar-refractivity contribution in [2.24, 2.45) is 11.7 Å². The number of nitrogens with one attached hydrogen (secondary N) is 1. The average molecular weight is 262 g/mol. The van der Waals surface area contributed by atoms with Crippen LogP contribution in [-0.4, -0.2) is 18.6 Å². The van der Waals surface area contributed by atoms with Gasteiger partial charge in [0.2, 0.25) is 5.91 Å². The second-order valence-electron chi connectivity index (χ2n) is 5.47. The summed E-state index contributed by atoms with van der Waals surface area (Å²) in [5, 5.41) is 3.34.